The number of nitrogens with one attached hydrogen (secondary N) is 2. The maximum atomic E-state index is 12.9. The standard InChI is InChI=1S/C53H76N2O7/c1-37(43-22-20-38(2)50(60)55-51(4,29-32-62-6)35-42-17-11-16-41(33-42)34-43)13-10-18-45(48(58)23-21-40-14-8-7-9-15-40)46-25-27-53(49(46)59)47(19-12-31-56)44(39(3)36-57)24-26-52(53,61)28-30-54-5/h7-11,13-18,20,33,36,43,46-50,54-56,58-61H,1,12,19,21-32,34-35H2,2-6H3/b13-10+,38-20+,44-39-,45-18+/t43-,46-,47-,48+,49+,50+,51-,52-,53+/m0/s1. The van der Waals surface area contributed by atoms with Gasteiger partial charge in [0.2, 0.25) is 0 Å². The number of carbonyl (C=O) groups is 1. The molecule has 0 unspecified atom stereocenters. The van der Waals surface area contributed by atoms with Gasteiger partial charge in [0.25, 0.3) is 0 Å². The van der Waals surface area contributed by atoms with Crippen molar-refractivity contribution in [3.63, 3.8) is 0 Å². The van der Waals surface area contributed by atoms with E-state index in [1.54, 1.807) is 7.11 Å². The van der Waals surface area contributed by atoms with Crippen LogP contribution >= 0.6 is 0 Å². The van der Waals surface area contributed by atoms with E-state index < -0.39 is 35.4 Å². The zero-order valence-electron chi connectivity index (χ0n) is 38.1. The van der Waals surface area contributed by atoms with Crippen LogP contribution in [0, 0.1) is 23.2 Å². The number of hydrogen-bond acceptors (Lipinski definition) is 9. The van der Waals surface area contributed by atoms with E-state index in [9.17, 15) is 30.3 Å². The molecular weight excluding hydrogens is 777 g/mol. The van der Waals surface area contributed by atoms with Crippen LogP contribution in [0.3, 0.4) is 0 Å². The molecule has 0 amide bonds. The number of ether oxygens (including phenoxy) is 1. The summed E-state index contributed by atoms with van der Waals surface area (Å²) in [5.41, 5.74) is 5.01. The number of aldehydes is 1. The molecule has 0 radical (unpaired) electrons. The molecule has 9 atom stereocenters. The van der Waals surface area contributed by atoms with Gasteiger partial charge in [0, 0.05) is 37.2 Å². The van der Waals surface area contributed by atoms with E-state index >= 15 is 0 Å². The van der Waals surface area contributed by atoms with E-state index in [1.165, 1.54) is 11.1 Å². The molecule has 340 valence electrons. The van der Waals surface area contributed by atoms with Crippen molar-refractivity contribution in [2.24, 2.45) is 23.2 Å². The lowest BCUT2D eigenvalue weighted by atomic mass is 9.51. The first kappa shape index (κ1) is 49.5. The summed E-state index contributed by atoms with van der Waals surface area (Å²) in [6, 6.07) is 18.8. The van der Waals surface area contributed by atoms with Crippen LogP contribution in [0.5, 0.6) is 0 Å². The molecular formula is C53H76N2O7. The van der Waals surface area contributed by atoms with Gasteiger partial charge >= 0.3 is 0 Å². The van der Waals surface area contributed by atoms with Crippen molar-refractivity contribution in [1.82, 2.24) is 10.6 Å². The van der Waals surface area contributed by atoms with Crippen molar-refractivity contribution in [3.8, 4) is 0 Å². The molecule has 3 aliphatic rings. The first-order valence-corrected chi connectivity index (χ1v) is 23.0. The van der Waals surface area contributed by atoms with Crippen molar-refractivity contribution in [2.45, 2.75) is 134 Å². The molecule has 62 heavy (non-hydrogen) atoms. The summed E-state index contributed by atoms with van der Waals surface area (Å²) in [6.45, 7) is 11.6. The highest BCUT2D eigenvalue weighted by molar-refractivity contribution is 5.74. The Bertz CT molecular complexity index is 1910. The molecule has 5 rings (SSSR count). The molecule has 2 saturated carbocycles. The Kier molecular flexibility index (Phi) is 18.3. The number of hydrogen-bond donors (Lipinski definition) is 7. The molecule has 1 heterocycles. The average Bonchev–Trinajstić information content (AvgIpc) is 3.61. The zero-order chi connectivity index (χ0) is 44.9. The fraction of sp³-hybridized carbons (Fsp3) is 0.566. The Morgan fingerprint density at radius 1 is 1.10 bits per heavy atom. The van der Waals surface area contributed by atoms with Crippen molar-refractivity contribution in [3.05, 3.63) is 130 Å². The summed E-state index contributed by atoms with van der Waals surface area (Å²) >= 11 is 0. The molecule has 9 heteroatoms. The van der Waals surface area contributed by atoms with Gasteiger partial charge in [-0.25, -0.2) is 0 Å². The van der Waals surface area contributed by atoms with Crippen LogP contribution in [-0.4, -0.2) is 95.3 Å². The van der Waals surface area contributed by atoms with Crippen LogP contribution in [0.25, 0.3) is 0 Å². The maximum Gasteiger partial charge on any atom is 0.145 e. The molecule has 1 aliphatic heterocycles. The quantitative estimate of drug-likeness (QED) is 0.0356. The van der Waals surface area contributed by atoms with Gasteiger partial charge in [-0.2, -0.15) is 0 Å². The fourth-order valence-electron chi connectivity index (χ4n) is 11.0. The van der Waals surface area contributed by atoms with Gasteiger partial charge in [0.15, 0.2) is 0 Å². The molecule has 9 nitrogen and oxygen atoms in total. The number of rotatable bonds is 18. The highest BCUT2D eigenvalue weighted by Gasteiger charge is 2.65. The van der Waals surface area contributed by atoms with E-state index in [2.05, 4.69) is 66.6 Å². The predicted octanol–water partition coefficient (Wildman–Crippen LogP) is 7.27. The average molecular weight is 853 g/mol. The molecule has 0 aromatic heterocycles. The predicted molar refractivity (Wildman–Crippen MR) is 249 cm³/mol. The molecule has 2 bridgehead atoms. The van der Waals surface area contributed by atoms with Gasteiger partial charge in [0.05, 0.1) is 17.8 Å². The number of fused-ring (bicyclic) bond motifs is 2. The Balaban J connectivity index is 1.51. The second kappa shape index (κ2) is 22.9. The summed E-state index contributed by atoms with van der Waals surface area (Å²) in [6.07, 6.45) is 13.8. The summed E-state index contributed by atoms with van der Waals surface area (Å²) in [5.74, 6) is -0.728. The molecule has 1 spiro atoms. The van der Waals surface area contributed by atoms with Crippen LogP contribution in [0.4, 0.5) is 0 Å². The summed E-state index contributed by atoms with van der Waals surface area (Å²) < 4.78 is 5.43. The molecule has 0 saturated heterocycles. The molecule has 2 aromatic rings. The van der Waals surface area contributed by atoms with Crippen LogP contribution in [0.1, 0.15) is 102 Å². The number of aliphatic hydroxyl groups is 5. The van der Waals surface area contributed by atoms with E-state index in [0.29, 0.717) is 82.9 Å². The Morgan fingerprint density at radius 2 is 1.85 bits per heavy atom. The monoisotopic (exact) mass is 853 g/mol. The molecule has 2 aliphatic carbocycles. The van der Waals surface area contributed by atoms with Crippen LogP contribution < -0.4 is 10.6 Å². The highest BCUT2D eigenvalue weighted by atomic mass is 16.5. The number of aliphatic hydroxyl groups excluding tert-OH is 4. The van der Waals surface area contributed by atoms with Crippen LogP contribution in [0.2, 0.25) is 0 Å². The SMILES string of the molecule is C=C(/C=C/C=C(/[C@H](O)CCc1ccccc1)[C@@H]1CC[C@]2([C@@H]1O)[C@@H](CCCO)/C(=C(/C)C=O)CC[C@]2(O)CCNC)[C@H]1C/C=C(\C)[C@@H](O)N[C@@](C)(CCOC)Cc2cccc(c2)C1. The van der Waals surface area contributed by atoms with E-state index in [4.69, 9.17) is 4.74 Å². The topological polar surface area (TPSA) is 152 Å². The number of allylic oxidation sites excluding steroid dienone is 7. The van der Waals surface area contributed by atoms with Gasteiger partial charge in [-0.1, -0.05) is 96.6 Å². The van der Waals surface area contributed by atoms with Crippen LogP contribution in [-0.2, 0) is 28.8 Å². The summed E-state index contributed by atoms with van der Waals surface area (Å²) in [4.78, 5) is 12.3. The van der Waals surface area contributed by atoms with Crippen molar-refractivity contribution in [1.29, 1.82) is 0 Å². The fourth-order valence-corrected chi connectivity index (χ4v) is 11.0. The largest absolute Gasteiger partial charge is 0.396 e. The third-order valence-electron chi connectivity index (χ3n) is 14.7. The van der Waals surface area contributed by atoms with Gasteiger partial charge in [0.1, 0.15) is 12.5 Å². The minimum Gasteiger partial charge on any atom is -0.396 e. The van der Waals surface area contributed by atoms with Crippen molar-refractivity contribution >= 4 is 6.29 Å². The van der Waals surface area contributed by atoms with Gasteiger partial charge in [-0.05, 0) is 163 Å². The number of aryl methyl sites for hydroxylation is 1. The number of methoxy groups -OCH3 is 1. The van der Waals surface area contributed by atoms with Crippen LogP contribution in [0.15, 0.2) is 113 Å². The number of benzene rings is 2. The van der Waals surface area contributed by atoms with Gasteiger partial charge < -0.3 is 35.6 Å². The summed E-state index contributed by atoms with van der Waals surface area (Å²) in [5, 5.41) is 65.9. The zero-order valence-corrected chi connectivity index (χ0v) is 38.1. The van der Waals surface area contributed by atoms with Gasteiger partial charge in [-0.3, -0.25) is 10.1 Å². The second-order valence-electron chi connectivity index (χ2n) is 18.8. The Hall–Kier alpha value is -3.51. The summed E-state index contributed by atoms with van der Waals surface area (Å²) in [7, 11) is 3.56. The lowest BCUT2D eigenvalue weighted by Crippen LogP contribution is -2.61. The third-order valence-corrected chi connectivity index (χ3v) is 14.7. The molecule has 2 aromatic carbocycles. The first-order chi connectivity index (χ1) is 29.7. The van der Waals surface area contributed by atoms with E-state index in [0.717, 1.165) is 53.4 Å². The van der Waals surface area contributed by atoms with Crippen molar-refractivity contribution in [2.75, 3.05) is 33.9 Å². The Morgan fingerprint density at radius 3 is 2.56 bits per heavy atom. The second-order valence-corrected chi connectivity index (χ2v) is 18.8. The number of carbonyl (C=O) groups excluding carboxylic acids is 1. The molecule has 7 N–H and O–H groups in total. The Labute approximate surface area is 371 Å². The molecule has 2 fully saturated rings. The smallest absolute Gasteiger partial charge is 0.145 e. The normalized spacial score (nSPS) is 31.9. The van der Waals surface area contributed by atoms with E-state index in [-0.39, 0.29) is 24.0 Å². The highest BCUT2D eigenvalue weighted by Crippen LogP contribution is 2.64. The minimum atomic E-state index is -1.23. The minimum absolute atomic E-state index is 0.0277. The first-order valence-electron chi connectivity index (χ1n) is 23.0. The van der Waals surface area contributed by atoms with Crippen molar-refractivity contribution < 1.29 is 35.1 Å². The third kappa shape index (κ3) is 11.8. The maximum absolute atomic E-state index is 12.9. The van der Waals surface area contributed by atoms with E-state index in [1.807, 2.05) is 57.3 Å². The lowest BCUT2D eigenvalue weighted by molar-refractivity contribution is -0.181. The van der Waals surface area contributed by atoms with Gasteiger partial charge in [-0.15, -0.1) is 0 Å². The lowest BCUT2D eigenvalue weighted by Gasteiger charge is -2.57.